The van der Waals surface area contributed by atoms with Gasteiger partial charge >= 0.3 is 17.9 Å². The van der Waals surface area contributed by atoms with E-state index in [1.54, 1.807) is 0 Å². The lowest BCUT2D eigenvalue weighted by molar-refractivity contribution is -0.167. The molecule has 73 heavy (non-hydrogen) atoms. The average Bonchev–Trinajstić information content (AvgIpc) is 3.39. The van der Waals surface area contributed by atoms with Crippen LogP contribution in [0.3, 0.4) is 0 Å². The Morgan fingerprint density at radius 1 is 0.288 bits per heavy atom. The summed E-state index contributed by atoms with van der Waals surface area (Å²) in [5.41, 5.74) is 0. The maximum atomic E-state index is 12.9. The van der Waals surface area contributed by atoms with Crippen molar-refractivity contribution in [2.24, 2.45) is 0 Å². The van der Waals surface area contributed by atoms with Gasteiger partial charge in [-0.2, -0.15) is 0 Å². The third-order valence-corrected chi connectivity index (χ3v) is 12.8. The molecule has 0 saturated heterocycles. The van der Waals surface area contributed by atoms with Gasteiger partial charge in [-0.25, -0.2) is 0 Å². The quantitative estimate of drug-likeness (QED) is 0.0261. The smallest absolute Gasteiger partial charge is 0.306 e. The molecule has 0 aliphatic heterocycles. The van der Waals surface area contributed by atoms with Gasteiger partial charge in [-0.3, -0.25) is 14.4 Å². The summed E-state index contributed by atoms with van der Waals surface area (Å²) >= 11 is 0. The first-order chi connectivity index (χ1) is 36.0. The fraction of sp³-hybridized carbons (Fsp3) is 0.687. The van der Waals surface area contributed by atoms with E-state index in [9.17, 15) is 14.4 Å². The molecule has 6 heteroatoms. The minimum Gasteiger partial charge on any atom is -0.462 e. The SMILES string of the molecule is CC/C=C\C/C=C\C/C=C\C/C=C\C/C=C\C/C=C\C/C=C\C/C=C\CCCCC(=O)OCC(COC(=O)CCCCCCC/C=C\CCCCC)OC(=O)CCCCCCCCCCCCCCCCCC. The lowest BCUT2D eigenvalue weighted by Gasteiger charge is -2.18. The Bertz CT molecular complexity index is 1490. The van der Waals surface area contributed by atoms with Crippen LogP contribution in [0.15, 0.2) is 109 Å². The zero-order valence-corrected chi connectivity index (χ0v) is 47.6. The first kappa shape index (κ1) is 69.1. The van der Waals surface area contributed by atoms with Crippen LogP contribution < -0.4 is 0 Å². The topological polar surface area (TPSA) is 78.9 Å². The molecule has 0 bridgehead atoms. The molecule has 0 rings (SSSR count). The van der Waals surface area contributed by atoms with Gasteiger partial charge in [0.1, 0.15) is 13.2 Å². The molecule has 0 fully saturated rings. The van der Waals surface area contributed by atoms with E-state index in [0.717, 1.165) is 122 Å². The monoisotopic (exact) mass is 1010 g/mol. The molecule has 0 saturated carbocycles. The summed E-state index contributed by atoms with van der Waals surface area (Å²) < 4.78 is 16.8. The minimum absolute atomic E-state index is 0.0952. The highest BCUT2D eigenvalue weighted by atomic mass is 16.6. The fourth-order valence-corrected chi connectivity index (χ4v) is 8.22. The van der Waals surface area contributed by atoms with Gasteiger partial charge in [-0.05, 0) is 109 Å². The van der Waals surface area contributed by atoms with Gasteiger partial charge in [0, 0.05) is 19.3 Å². The predicted molar refractivity (Wildman–Crippen MR) is 316 cm³/mol. The second-order valence-corrected chi connectivity index (χ2v) is 19.9. The average molecular weight is 1010 g/mol. The summed E-state index contributed by atoms with van der Waals surface area (Å²) in [6.07, 6.45) is 82.3. The van der Waals surface area contributed by atoms with Crippen molar-refractivity contribution < 1.29 is 28.6 Å². The highest BCUT2D eigenvalue weighted by Gasteiger charge is 2.19. The Morgan fingerprint density at radius 2 is 0.534 bits per heavy atom. The fourth-order valence-electron chi connectivity index (χ4n) is 8.22. The molecular formula is C67H112O6. The van der Waals surface area contributed by atoms with Crippen molar-refractivity contribution in [3.63, 3.8) is 0 Å². The summed E-state index contributed by atoms with van der Waals surface area (Å²) in [5, 5.41) is 0. The standard InChI is InChI=1S/C67H112O6/c1-4-7-10-13-16-19-22-25-27-29-30-31-32-33-34-35-36-37-38-39-41-42-45-48-51-54-57-60-66(69)72-63-64(62-71-65(68)59-56-53-50-47-44-24-21-18-15-12-9-6-3)73-67(70)61-58-55-52-49-46-43-40-28-26-23-20-17-14-11-8-5-2/h7,10,16,18-19,21,25,27,30-31,33-34,36-37,39,41,45,48,64H,4-6,8-9,11-15,17,20,22-24,26,28-29,32,35,38,40,42-44,46-47,49-63H2,1-3H3/b10-7-,19-16-,21-18-,27-25-,31-30-,34-33-,37-36-,41-39-,48-45-. The number of hydrogen-bond donors (Lipinski definition) is 0. The van der Waals surface area contributed by atoms with Gasteiger partial charge in [-0.15, -0.1) is 0 Å². The van der Waals surface area contributed by atoms with E-state index in [1.807, 2.05) is 0 Å². The molecule has 0 aromatic rings. The number of ether oxygens (including phenoxy) is 3. The van der Waals surface area contributed by atoms with Crippen LogP contribution in [0.4, 0.5) is 0 Å². The third kappa shape index (κ3) is 58.8. The van der Waals surface area contributed by atoms with Crippen LogP contribution >= 0.6 is 0 Å². The number of allylic oxidation sites excluding steroid dienone is 18. The molecule has 0 aromatic carbocycles. The molecule has 416 valence electrons. The van der Waals surface area contributed by atoms with E-state index in [2.05, 4.69) is 130 Å². The van der Waals surface area contributed by atoms with Crippen LogP contribution in [0.25, 0.3) is 0 Å². The Labute approximate surface area is 450 Å². The van der Waals surface area contributed by atoms with Crippen LogP contribution in [-0.2, 0) is 28.6 Å². The van der Waals surface area contributed by atoms with E-state index < -0.39 is 6.10 Å². The zero-order valence-electron chi connectivity index (χ0n) is 47.6. The van der Waals surface area contributed by atoms with Crippen molar-refractivity contribution in [1.29, 1.82) is 0 Å². The largest absolute Gasteiger partial charge is 0.462 e. The van der Waals surface area contributed by atoms with Gasteiger partial charge in [0.25, 0.3) is 0 Å². The summed E-state index contributed by atoms with van der Waals surface area (Å²) in [7, 11) is 0. The summed E-state index contributed by atoms with van der Waals surface area (Å²) in [6.45, 7) is 6.47. The van der Waals surface area contributed by atoms with Crippen molar-refractivity contribution in [3.05, 3.63) is 109 Å². The lowest BCUT2D eigenvalue weighted by atomic mass is 10.0. The van der Waals surface area contributed by atoms with Gasteiger partial charge in [-0.1, -0.05) is 259 Å². The van der Waals surface area contributed by atoms with Crippen molar-refractivity contribution in [3.8, 4) is 0 Å². The van der Waals surface area contributed by atoms with Gasteiger partial charge in [0.05, 0.1) is 0 Å². The van der Waals surface area contributed by atoms with Crippen LogP contribution in [-0.4, -0.2) is 37.2 Å². The van der Waals surface area contributed by atoms with E-state index in [4.69, 9.17) is 14.2 Å². The molecule has 0 aliphatic carbocycles. The Balaban J connectivity index is 4.40. The lowest BCUT2D eigenvalue weighted by Crippen LogP contribution is -2.30. The van der Waals surface area contributed by atoms with Gasteiger partial charge in [0.15, 0.2) is 6.10 Å². The number of unbranched alkanes of at least 4 members (excludes halogenated alkanes) is 25. The van der Waals surface area contributed by atoms with Gasteiger partial charge in [0.2, 0.25) is 0 Å². The van der Waals surface area contributed by atoms with Crippen LogP contribution in [0.5, 0.6) is 0 Å². The van der Waals surface area contributed by atoms with Crippen molar-refractivity contribution in [1.82, 2.24) is 0 Å². The molecular weight excluding hydrogens is 901 g/mol. The molecule has 6 nitrogen and oxygen atoms in total. The Hall–Kier alpha value is -3.93. The second kappa shape index (κ2) is 60.6. The first-order valence-electron chi connectivity index (χ1n) is 30.4. The highest BCUT2D eigenvalue weighted by molar-refractivity contribution is 5.71. The Morgan fingerprint density at radius 3 is 0.904 bits per heavy atom. The number of hydrogen-bond acceptors (Lipinski definition) is 6. The molecule has 0 aromatic heterocycles. The van der Waals surface area contributed by atoms with E-state index >= 15 is 0 Å². The van der Waals surface area contributed by atoms with Crippen LogP contribution in [0.1, 0.15) is 278 Å². The van der Waals surface area contributed by atoms with E-state index in [0.29, 0.717) is 19.3 Å². The van der Waals surface area contributed by atoms with Crippen molar-refractivity contribution >= 4 is 17.9 Å². The maximum Gasteiger partial charge on any atom is 0.306 e. The second-order valence-electron chi connectivity index (χ2n) is 19.9. The van der Waals surface area contributed by atoms with E-state index in [1.165, 1.54) is 116 Å². The molecule has 0 heterocycles. The first-order valence-corrected chi connectivity index (χ1v) is 30.4. The normalized spacial score (nSPS) is 12.9. The number of carbonyl (C=O) groups is 3. The van der Waals surface area contributed by atoms with Crippen molar-refractivity contribution in [2.75, 3.05) is 13.2 Å². The summed E-state index contributed by atoms with van der Waals surface area (Å²) in [5.74, 6) is -0.944. The van der Waals surface area contributed by atoms with Gasteiger partial charge < -0.3 is 14.2 Å². The highest BCUT2D eigenvalue weighted by Crippen LogP contribution is 2.16. The summed E-state index contributed by atoms with van der Waals surface area (Å²) in [6, 6.07) is 0. The number of esters is 3. The minimum atomic E-state index is -0.799. The number of carbonyl (C=O) groups excluding carboxylic acids is 3. The maximum absolute atomic E-state index is 12.9. The summed E-state index contributed by atoms with van der Waals surface area (Å²) in [4.78, 5) is 38.2. The molecule has 0 amide bonds. The van der Waals surface area contributed by atoms with E-state index in [-0.39, 0.29) is 31.1 Å². The Kier molecular flexibility index (Phi) is 57.4. The number of rotatable bonds is 54. The molecule has 1 unspecified atom stereocenters. The van der Waals surface area contributed by atoms with Crippen LogP contribution in [0.2, 0.25) is 0 Å². The molecule has 0 aliphatic rings. The molecule has 0 spiro atoms. The molecule has 1 atom stereocenters. The molecule has 0 radical (unpaired) electrons. The van der Waals surface area contributed by atoms with Crippen LogP contribution in [0, 0.1) is 0 Å². The predicted octanol–water partition coefficient (Wildman–Crippen LogP) is 20.7. The zero-order chi connectivity index (χ0) is 52.9. The van der Waals surface area contributed by atoms with Crippen molar-refractivity contribution in [2.45, 2.75) is 284 Å². The third-order valence-electron chi connectivity index (χ3n) is 12.8. The molecule has 0 N–H and O–H groups in total.